The molecule has 0 N–H and O–H groups in total. The Morgan fingerprint density at radius 2 is 1.19 bits per heavy atom. The highest BCUT2D eigenvalue weighted by Gasteiger charge is 2.74. The molecule has 27 heavy (non-hydrogen) atoms. The Labute approximate surface area is 182 Å². The van der Waals surface area contributed by atoms with Crippen molar-refractivity contribution in [1.82, 2.24) is 0 Å². The summed E-state index contributed by atoms with van der Waals surface area (Å²) in [5.41, 5.74) is -1.94. The van der Waals surface area contributed by atoms with Gasteiger partial charge in [0.15, 0.2) is 14.1 Å². The Morgan fingerprint density at radius 3 is 1.44 bits per heavy atom. The van der Waals surface area contributed by atoms with Gasteiger partial charge in [0.2, 0.25) is 0 Å². The fourth-order valence-electron chi connectivity index (χ4n) is 3.00. The second-order valence-corrected chi connectivity index (χ2v) is 11.3. The van der Waals surface area contributed by atoms with Crippen LogP contribution < -0.4 is 0 Å². The third-order valence-corrected chi connectivity index (χ3v) is 6.25. The predicted molar refractivity (Wildman–Crippen MR) is 111 cm³/mol. The van der Waals surface area contributed by atoms with E-state index in [2.05, 4.69) is 0 Å². The van der Waals surface area contributed by atoms with Crippen LogP contribution in [0.3, 0.4) is 0 Å². The van der Waals surface area contributed by atoms with Crippen LogP contribution in [-0.2, 0) is 19.1 Å². The topological polar surface area (TPSA) is 52.6 Å². The highest BCUT2D eigenvalue weighted by Crippen LogP contribution is 2.65. The monoisotopic (exact) mass is 462 g/mol. The fourth-order valence-corrected chi connectivity index (χ4v) is 3.76. The molecular formula is C19H30Cl4O4. The third-order valence-electron chi connectivity index (χ3n) is 5.06. The van der Waals surface area contributed by atoms with Crippen molar-refractivity contribution in [2.75, 3.05) is 13.2 Å². The lowest BCUT2D eigenvalue weighted by molar-refractivity contribution is -0.167. The molecule has 0 aliphatic heterocycles. The number of halogens is 4. The summed E-state index contributed by atoms with van der Waals surface area (Å²) < 4.78 is 8.29. The van der Waals surface area contributed by atoms with Crippen LogP contribution in [-0.4, -0.2) is 33.8 Å². The quantitative estimate of drug-likeness (QED) is 0.196. The zero-order valence-electron chi connectivity index (χ0n) is 16.5. The highest BCUT2D eigenvalue weighted by atomic mass is 35.5. The molecular weight excluding hydrogens is 434 g/mol. The molecule has 0 aromatic rings. The molecule has 0 saturated heterocycles. The summed E-state index contributed by atoms with van der Waals surface area (Å²) in [4.78, 5) is 25.4. The zero-order chi connectivity index (χ0) is 20.9. The number of hydrogen-bond acceptors (Lipinski definition) is 4. The van der Waals surface area contributed by atoms with Crippen LogP contribution in [0, 0.1) is 10.8 Å². The van der Waals surface area contributed by atoms with Gasteiger partial charge in [-0.3, -0.25) is 9.59 Å². The first-order chi connectivity index (χ1) is 12.3. The number of alkyl halides is 4. The Bertz CT molecular complexity index is 496. The average Bonchev–Trinajstić information content (AvgIpc) is 3.18. The van der Waals surface area contributed by atoms with E-state index in [1.807, 2.05) is 27.7 Å². The van der Waals surface area contributed by atoms with Crippen LogP contribution in [0.5, 0.6) is 0 Å². The van der Waals surface area contributed by atoms with Crippen molar-refractivity contribution in [1.29, 1.82) is 0 Å². The van der Waals surface area contributed by atoms with Crippen LogP contribution in [0.2, 0.25) is 0 Å². The molecule has 1 rings (SSSR count). The van der Waals surface area contributed by atoms with Gasteiger partial charge in [0.25, 0.3) is 0 Å². The number of unbranched alkanes of at least 4 members (excludes halogenated alkanes) is 2. The molecule has 158 valence electrons. The Kier molecular flexibility index (Phi) is 9.06. The SMILES string of the molecule is CCCCC(Cl)(Cl)COC(=O)C1(C(=O)OCC(Cl)(Cl)CCCC)CC1(C)C. The van der Waals surface area contributed by atoms with E-state index in [9.17, 15) is 9.59 Å². The highest BCUT2D eigenvalue weighted by molar-refractivity contribution is 6.49. The van der Waals surface area contributed by atoms with Crippen LogP contribution in [0.1, 0.15) is 72.6 Å². The van der Waals surface area contributed by atoms with Crippen LogP contribution in [0.15, 0.2) is 0 Å². The lowest BCUT2D eigenvalue weighted by atomic mass is 9.96. The van der Waals surface area contributed by atoms with Crippen molar-refractivity contribution in [3.63, 3.8) is 0 Å². The fraction of sp³-hybridized carbons (Fsp3) is 0.895. The summed E-state index contributed by atoms with van der Waals surface area (Å²) in [5, 5.41) is 0. The van der Waals surface area contributed by atoms with Crippen LogP contribution in [0.4, 0.5) is 0 Å². The van der Waals surface area contributed by atoms with Crippen LogP contribution in [0.25, 0.3) is 0 Å². The van der Waals surface area contributed by atoms with E-state index in [0.717, 1.165) is 25.7 Å². The first kappa shape index (κ1) is 25.1. The lowest BCUT2D eigenvalue weighted by Gasteiger charge is -2.24. The van der Waals surface area contributed by atoms with Crippen molar-refractivity contribution in [2.45, 2.75) is 81.3 Å². The predicted octanol–water partition coefficient (Wildman–Crippen LogP) is 6.22. The van der Waals surface area contributed by atoms with E-state index >= 15 is 0 Å². The van der Waals surface area contributed by atoms with Gasteiger partial charge in [-0.05, 0) is 24.7 Å². The third kappa shape index (κ3) is 6.83. The second-order valence-electron chi connectivity index (χ2n) is 8.04. The van der Waals surface area contributed by atoms with E-state index in [0.29, 0.717) is 19.3 Å². The van der Waals surface area contributed by atoms with Crippen molar-refractivity contribution in [3.05, 3.63) is 0 Å². The molecule has 1 saturated carbocycles. The Hall–Kier alpha value is 0.1000. The normalized spacial score (nSPS) is 18.1. The molecule has 0 unspecified atom stereocenters. The van der Waals surface area contributed by atoms with Gasteiger partial charge in [-0.2, -0.15) is 0 Å². The largest absolute Gasteiger partial charge is 0.462 e. The molecule has 0 radical (unpaired) electrons. The Balaban J connectivity index is 2.70. The van der Waals surface area contributed by atoms with Crippen molar-refractivity contribution in [2.24, 2.45) is 10.8 Å². The van der Waals surface area contributed by atoms with Gasteiger partial charge in [-0.25, -0.2) is 0 Å². The minimum atomic E-state index is -1.36. The van der Waals surface area contributed by atoms with Gasteiger partial charge in [0.1, 0.15) is 13.2 Å². The van der Waals surface area contributed by atoms with Gasteiger partial charge in [-0.1, -0.05) is 99.8 Å². The number of rotatable bonds is 12. The minimum Gasteiger partial charge on any atom is -0.462 e. The smallest absolute Gasteiger partial charge is 0.324 e. The molecule has 8 heteroatoms. The maximum Gasteiger partial charge on any atom is 0.324 e. The number of esters is 2. The summed E-state index contributed by atoms with van der Waals surface area (Å²) in [6.07, 6.45) is 4.81. The molecule has 0 bridgehead atoms. The van der Waals surface area contributed by atoms with Gasteiger partial charge in [0, 0.05) is 0 Å². The van der Waals surface area contributed by atoms with Gasteiger partial charge in [0.05, 0.1) is 0 Å². The molecule has 1 aliphatic rings. The standard InChI is InChI=1S/C19H30Cl4O4/c1-5-7-9-17(20,21)12-26-14(24)19(11-16(19,3)4)15(25)27-13-18(22,23)10-8-6-2/h5-13H2,1-4H3. The molecule has 0 aromatic heterocycles. The summed E-state index contributed by atoms with van der Waals surface area (Å²) in [6, 6.07) is 0. The van der Waals surface area contributed by atoms with E-state index in [1.165, 1.54) is 0 Å². The summed E-state index contributed by atoms with van der Waals surface area (Å²) in [7, 11) is 0. The van der Waals surface area contributed by atoms with Crippen molar-refractivity contribution >= 4 is 58.3 Å². The van der Waals surface area contributed by atoms with Crippen molar-refractivity contribution in [3.8, 4) is 0 Å². The number of hydrogen-bond donors (Lipinski definition) is 0. The first-order valence-corrected chi connectivity index (χ1v) is 10.9. The molecule has 0 atom stereocenters. The summed E-state index contributed by atoms with van der Waals surface area (Å²) in [5.74, 6) is -1.33. The van der Waals surface area contributed by atoms with E-state index in [1.54, 1.807) is 0 Å². The Morgan fingerprint density at radius 1 is 0.852 bits per heavy atom. The van der Waals surface area contributed by atoms with Gasteiger partial charge < -0.3 is 9.47 Å². The molecule has 1 aliphatic carbocycles. The molecule has 4 nitrogen and oxygen atoms in total. The van der Waals surface area contributed by atoms with E-state index < -0.39 is 31.4 Å². The van der Waals surface area contributed by atoms with E-state index in [4.69, 9.17) is 55.9 Å². The van der Waals surface area contributed by atoms with Crippen molar-refractivity contribution < 1.29 is 19.1 Å². The van der Waals surface area contributed by atoms with Crippen LogP contribution >= 0.6 is 46.4 Å². The minimum absolute atomic E-state index is 0.175. The number of carbonyl (C=O) groups is 2. The van der Waals surface area contributed by atoms with Gasteiger partial charge >= 0.3 is 11.9 Å². The van der Waals surface area contributed by atoms with Gasteiger partial charge in [-0.15, -0.1) is 0 Å². The zero-order valence-corrected chi connectivity index (χ0v) is 19.5. The molecule has 0 spiro atoms. The number of ether oxygens (including phenoxy) is 2. The molecule has 0 amide bonds. The lowest BCUT2D eigenvalue weighted by Crippen LogP contribution is -2.38. The maximum absolute atomic E-state index is 12.7. The first-order valence-electron chi connectivity index (χ1n) is 9.44. The molecule has 0 heterocycles. The average molecular weight is 464 g/mol. The van der Waals surface area contributed by atoms with E-state index in [-0.39, 0.29) is 13.2 Å². The second kappa shape index (κ2) is 9.73. The molecule has 0 aromatic carbocycles. The molecule has 1 fully saturated rings. The maximum atomic E-state index is 12.7. The summed E-state index contributed by atoms with van der Waals surface area (Å²) >= 11 is 24.7. The number of carbonyl (C=O) groups excluding carboxylic acids is 2. The summed E-state index contributed by atoms with van der Waals surface area (Å²) in [6.45, 7) is 7.31.